The first kappa shape index (κ1) is 40.0. The van der Waals surface area contributed by atoms with Crippen molar-refractivity contribution in [2.45, 2.75) is 169 Å². The highest BCUT2D eigenvalue weighted by atomic mass is 28.4. The van der Waals surface area contributed by atoms with E-state index in [-0.39, 0.29) is 40.6 Å². The van der Waals surface area contributed by atoms with Gasteiger partial charge >= 0.3 is 11.9 Å². The molecule has 0 saturated heterocycles. The third-order valence-electron chi connectivity index (χ3n) is 11.6. The zero-order valence-corrected chi connectivity index (χ0v) is 33.5. The van der Waals surface area contributed by atoms with Crippen molar-refractivity contribution in [1.82, 2.24) is 0 Å². The van der Waals surface area contributed by atoms with E-state index >= 15 is 0 Å². The van der Waals surface area contributed by atoms with Gasteiger partial charge in [0.1, 0.15) is 6.10 Å². The van der Waals surface area contributed by atoms with Gasteiger partial charge in [-0.15, -0.1) is 0 Å². The van der Waals surface area contributed by atoms with Crippen LogP contribution in [0.2, 0.25) is 36.3 Å². The number of hydrogen-bond donors (Lipinski definition) is 1. The molecule has 0 unspecified atom stereocenters. The maximum atomic E-state index is 13.3. The minimum absolute atomic E-state index is 0.0227. The lowest BCUT2D eigenvalue weighted by Gasteiger charge is -2.45. The molecule has 2 aliphatic carbocycles. The fraction of sp³-hybridized carbons (Fsp3) is 0.838. The van der Waals surface area contributed by atoms with Gasteiger partial charge in [0.25, 0.3) is 0 Å². The Hall–Kier alpha value is -1.23. The second-order valence-corrected chi connectivity index (χ2v) is 27.4. The Kier molecular flexibility index (Phi) is 13.2. The van der Waals surface area contributed by atoms with E-state index in [4.69, 9.17) is 13.6 Å². The summed E-state index contributed by atoms with van der Waals surface area (Å²) in [5, 5.41) is 9.90. The van der Waals surface area contributed by atoms with Crippen molar-refractivity contribution in [3.63, 3.8) is 0 Å². The zero-order chi connectivity index (χ0) is 34.8. The number of carboxylic acid groups (broad SMARTS) is 1. The van der Waals surface area contributed by atoms with E-state index in [1.54, 1.807) is 0 Å². The normalized spacial score (nSPS) is 26.1. The molecule has 6 nitrogen and oxygen atoms in total. The van der Waals surface area contributed by atoms with E-state index in [0.29, 0.717) is 24.2 Å². The molecular weight excluding hydrogens is 597 g/mol. The Morgan fingerprint density at radius 2 is 1.47 bits per heavy atom. The molecule has 260 valence electrons. The number of rotatable bonds is 14. The smallest absolute Gasteiger partial charge is 0.311 e. The summed E-state index contributed by atoms with van der Waals surface area (Å²) in [5.74, 6) is 0.166. The van der Waals surface area contributed by atoms with E-state index in [0.717, 1.165) is 25.7 Å². The van der Waals surface area contributed by atoms with Crippen molar-refractivity contribution >= 4 is 28.6 Å². The molecule has 7 atom stereocenters. The Morgan fingerprint density at radius 3 is 1.96 bits per heavy atom. The number of carbonyl (C=O) groups is 2. The second kappa shape index (κ2) is 14.9. The van der Waals surface area contributed by atoms with Crippen LogP contribution in [0.3, 0.4) is 0 Å². The molecule has 0 heterocycles. The molecule has 0 aromatic rings. The van der Waals surface area contributed by atoms with E-state index in [9.17, 15) is 14.7 Å². The van der Waals surface area contributed by atoms with Gasteiger partial charge in [-0.1, -0.05) is 80.5 Å². The summed E-state index contributed by atoms with van der Waals surface area (Å²) >= 11 is 0. The number of esters is 1. The van der Waals surface area contributed by atoms with E-state index < -0.39 is 34.1 Å². The predicted octanol–water partition coefficient (Wildman–Crippen LogP) is 10.2. The SMILES string of the molecule is CCC(C)(C)C(=O)O[C@@H]1C[C@H](C)C=C2C=C[C@@H](C)[C@@H](CC[C@@H](C[C@@H](CC(=O)O)O[Si](C)(C)C(C)(C)C)O[Si](C)(C)C(C)(C)C)[C@@H]21. The molecule has 0 bridgehead atoms. The summed E-state index contributed by atoms with van der Waals surface area (Å²) in [4.78, 5) is 25.4. The monoisotopic (exact) mass is 664 g/mol. The van der Waals surface area contributed by atoms with E-state index in [2.05, 4.69) is 99.8 Å². The van der Waals surface area contributed by atoms with Crippen molar-refractivity contribution in [3.05, 3.63) is 23.8 Å². The van der Waals surface area contributed by atoms with Crippen LogP contribution in [0, 0.1) is 29.1 Å². The minimum Gasteiger partial charge on any atom is -0.481 e. The van der Waals surface area contributed by atoms with Gasteiger partial charge in [-0.2, -0.15) is 0 Å². The Morgan fingerprint density at radius 1 is 0.933 bits per heavy atom. The molecular formula is C37H68O6Si2. The fourth-order valence-electron chi connectivity index (χ4n) is 6.11. The highest BCUT2D eigenvalue weighted by Gasteiger charge is 2.45. The lowest BCUT2D eigenvalue weighted by molar-refractivity contribution is -0.164. The highest BCUT2D eigenvalue weighted by molar-refractivity contribution is 6.74. The molecule has 0 saturated carbocycles. The Balaban J connectivity index is 2.43. The lowest BCUT2D eigenvalue weighted by atomic mass is 9.65. The summed E-state index contributed by atoms with van der Waals surface area (Å²) in [6, 6.07) is 0. The number of fused-ring (bicyclic) bond motifs is 1. The van der Waals surface area contributed by atoms with Crippen LogP contribution in [0.15, 0.2) is 23.8 Å². The van der Waals surface area contributed by atoms with Crippen molar-refractivity contribution in [1.29, 1.82) is 0 Å². The van der Waals surface area contributed by atoms with Gasteiger partial charge in [-0.05, 0) is 106 Å². The first-order valence-corrected chi connectivity index (χ1v) is 23.3. The third kappa shape index (κ3) is 10.6. The topological polar surface area (TPSA) is 82.1 Å². The van der Waals surface area contributed by atoms with Gasteiger partial charge in [-0.25, -0.2) is 0 Å². The van der Waals surface area contributed by atoms with Crippen LogP contribution >= 0.6 is 0 Å². The number of carboxylic acids is 1. The third-order valence-corrected chi connectivity index (χ3v) is 20.6. The zero-order valence-electron chi connectivity index (χ0n) is 31.5. The van der Waals surface area contributed by atoms with Gasteiger partial charge in [0.15, 0.2) is 16.6 Å². The van der Waals surface area contributed by atoms with Crippen molar-refractivity contribution in [2.24, 2.45) is 29.1 Å². The predicted molar refractivity (Wildman–Crippen MR) is 191 cm³/mol. The molecule has 1 N–H and O–H groups in total. The summed E-state index contributed by atoms with van der Waals surface area (Å²) in [6.07, 6.45) is 10.1. The summed E-state index contributed by atoms with van der Waals surface area (Å²) < 4.78 is 20.3. The van der Waals surface area contributed by atoms with Crippen LogP contribution in [-0.2, 0) is 23.2 Å². The molecule has 0 aliphatic heterocycles. The quantitative estimate of drug-likeness (QED) is 0.147. The molecule has 2 aliphatic rings. The standard InChI is InChI=1S/C37H68O6Si2/c1-16-37(10,11)34(40)41-31-22-25(2)21-27-18-17-26(3)30(33(27)31)20-19-28(42-44(12,13)35(4,5)6)23-29(24-32(38)39)43-45(14,15)36(7,8)9/h17-18,21,25-26,28-31,33H,16,19-20,22-24H2,1-15H3,(H,38,39)/t25-,26-,28+,29+,30-,31-,33-/m1/s1. The maximum absolute atomic E-state index is 13.3. The Labute approximate surface area is 278 Å². The number of hydrogen-bond acceptors (Lipinski definition) is 5. The molecule has 0 aromatic heterocycles. The molecule has 0 fully saturated rings. The molecule has 8 heteroatoms. The Bertz CT molecular complexity index is 1080. The number of carbonyl (C=O) groups excluding carboxylic acids is 1. The largest absolute Gasteiger partial charge is 0.481 e. The van der Waals surface area contributed by atoms with Crippen LogP contribution in [0.4, 0.5) is 0 Å². The summed E-state index contributed by atoms with van der Waals surface area (Å²) in [7, 11) is -4.37. The first-order chi connectivity index (χ1) is 20.3. The van der Waals surface area contributed by atoms with Gasteiger partial charge in [0, 0.05) is 12.0 Å². The fourth-order valence-corrected chi connectivity index (χ4v) is 8.88. The van der Waals surface area contributed by atoms with E-state index in [1.807, 2.05) is 20.8 Å². The van der Waals surface area contributed by atoms with Crippen LogP contribution in [-0.4, -0.2) is 52.0 Å². The molecule has 2 rings (SSSR count). The molecule has 0 aromatic carbocycles. The first-order valence-electron chi connectivity index (χ1n) is 17.5. The average Bonchev–Trinajstić information content (AvgIpc) is 2.85. The van der Waals surface area contributed by atoms with E-state index in [1.165, 1.54) is 5.57 Å². The number of allylic oxidation sites excluding steroid dienone is 3. The van der Waals surface area contributed by atoms with Gasteiger partial charge in [0.05, 0.1) is 17.9 Å². The molecule has 0 spiro atoms. The summed E-state index contributed by atoms with van der Waals surface area (Å²) in [6.45, 7) is 32.8. The number of ether oxygens (including phenoxy) is 1. The van der Waals surface area contributed by atoms with Crippen LogP contribution in [0.1, 0.15) is 115 Å². The molecule has 45 heavy (non-hydrogen) atoms. The minimum atomic E-state index is -2.21. The van der Waals surface area contributed by atoms with Crippen molar-refractivity contribution in [2.75, 3.05) is 0 Å². The van der Waals surface area contributed by atoms with Crippen molar-refractivity contribution in [3.8, 4) is 0 Å². The van der Waals surface area contributed by atoms with Gasteiger partial charge in [-0.3, -0.25) is 9.59 Å². The average molecular weight is 665 g/mol. The second-order valence-electron chi connectivity index (χ2n) is 17.9. The van der Waals surface area contributed by atoms with Crippen LogP contribution < -0.4 is 0 Å². The van der Waals surface area contributed by atoms with Gasteiger partial charge in [0.2, 0.25) is 0 Å². The molecule has 0 radical (unpaired) electrons. The van der Waals surface area contributed by atoms with Crippen molar-refractivity contribution < 1.29 is 28.3 Å². The molecule has 0 amide bonds. The van der Waals surface area contributed by atoms with Gasteiger partial charge < -0.3 is 18.7 Å². The lowest BCUT2D eigenvalue weighted by Crippen LogP contribution is -2.48. The summed E-state index contributed by atoms with van der Waals surface area (Å²) in [5.41, 5.74) is 0.775. The van der Waals surface area contributed by atoms with Crippen LogP contribution in [0.5, 0.6) is 0 Å². The maximum Gasteiger partial charge on any atom is 0.311 e. The highest BCUT2D eigenvalue weighted by Crippen LogP contribution is 2.47. The number of aliphatic carboxylic acids is 1. The van der Waals surface area contributed by atoms with Crippen LogP contribution in [0.25, 0.3) is 0 Å².